The second-order valence-corrected chi connectivity index (χ2v) is 35.7. The van der Waals surface area contributed by atoms with Gasteiger partial charge in [0.1, 0.15) is 11.5 Å². The van der Waals surface area contributed by atoms with Gasteiger partial charge in [-0.05, 0) is 23.3 Å². The molecular weight excluding hydrogens is 2730 g/mol. The van der Waals surface area contributed by atoms with Gasteiger partial charge in [0.05, 0.1) is 14.2 Å². The van der Waals surface area contributed by atoms with Crippen molar-refractivity contribution in [3.8, 4) is 23.0 Å². The van der Waals surface area contributed by atoms with Crippen molar-refractivity contribution >= 4 is 84.1 Å². The summed E-state index contributed by atoms with van der Waals surface area (Å²) in [6.45, 7) is 57.4. The Morgan fingerprint density at radius 1 is 0.253 bits per heavy atom. The number of aliphatic carboxylic acids is 12. The van der Waals surface area contributed by atoms with Crippen molar-refractivity contribution in [1.82, 2.24) is 0 Å². The predicted octanol–water partition coefficient (Wildman–Crippen LogP) is -11.3. The van der Waals surface area contributed by atoms with Crippen molar-refractivity contribution in [2.24, 2.45) is 75.0 Å². The van der Waals surface area contributed by atoms with Crippen LogP contribution in [0, 0.1) is 218 Å². The summed E-state index contributed by atoms with van der Waals surface area (Å²) in [6, 6.07) is 9.87. The van der Waals surface area contributed by atoms with Crippen molar-refractivity contribution in [3.05, 3.63) is 47.5 Å². The summed E-state index contributed by atoms with van der Waals surface area (Å²) in [7, 11) is 12.4. The molecule has 56 heteroatoms. The van der Waals surface area contributed by atoms with Crippen molar-refractivity contribution in [2.75, 3.05) is 112 Å². The molecule has 0 aliphatic rings. The topological polar surface area (TPSA) is 1010 Å². The van der Waals surface area contributed by atoms with Gasteiger partial charge in [0.25, 0.3) is 0 Å². The van der Waals surface area contributed by atoms with E-state index in [0.29, 0.717) is 11.1 Å². The van der Waals surface area contributed by atoms with Crippen molar-refractivity contribution in [3.63, 3.8) is 0 Å². The summed E-state index contributed by atoms with van der Waals surface area (Å²) >= 11 is 0. The zero-order valence-corrected chi connectivity index (χ0v) is 106. The Bertz CT molecular complexity index is 2640. The molecule has 0 heterocycles. The number of carboxylic acids is 12. The number of carbonyl (C=O) groups is 12. The standard InChI is InChI=1S/2C10H12NO3.12C5H10O2.8CH4O.2CH3O.4Co.4Dy.6H2O/c2*1-14-9-4-2-3-8(10(9)13)7-11-5-6-12;12*1-5(2,3)4(6)7;10*1-2;;;;;;;;;;;;;;/h2*2-4,7,13H,5-6H2,1H3;12*1-3H3,(H,6,7);8*2H,1H3;2*1H3;;;;;;;;;6*1H2/q2*-1;;;;;;;;;;;;;;;;;;;;;2*-1;2*+2;6*+3;;;;;;/p-16. The van der Waals surface area contributed by atoms with Gasteiger partial charge in [-0.3, -0.25) is 9.98 Å². The van der Waals surface area contributed by atoms with Crippen molar-refractivity contribution in [2.45, 2.75) is 249 Å². The largest absolute Gasteiger partial charge is 3.00 e. The molecule has 18 N–H and O–H groups in total. The van der Waals surface area contributed by atoms with Crippen LogP contribution in [0.15, 0.2) is 46.4 Å². The molecule has 2 rings (SSSR count). The van der Waals surface area contributed by atoms with E-state index in [1.807, 2.05) is 0 Å². The maximum atomic E-state index is 11.5. The molecule has 0 saturated heterocycles. The van der Waals surface area contributed by atoms with Crippen LogP contribution in [0.1, 0.15) is 260 Å². The molecule has 6 radical (unpaired) electrons. The molecule has 48 nitrogen and oxygen atoms in total. The Kier molecular flexibility index (Phi) is 252. The molecule has 0 bridgehead atoms. The number of para-hydroxylation sites is 2. The zero-order valence-electron chi connectivity index (χ0n) is 93.5. The molecule has 0 saturated carbocycles. The third kappa shape index (κ3) is 224. The summed E-state index contributed by atoms with van der Waals surface area (Å²) < 4.78 is 9.71. The van der Waals surface area contributed by atoms with E-state index in [9.17, 15) is 139 Å². The molecule has 0 unspecified atom stereocenters. The Morgan fingerprint density at radius 3 is 0.397 bits per heavy atom. The van der Waals surface area contributed by atoms with Gasteiger partial charge in [0.2, 0.25) is 0 Å². The Morgan fingerprint density at radius 2 is 0.336 bits per heavy atom. The molecule has 2 aromatic carbocycles. The van der Waals surface area contributed by atoms with Gasteiger partial charge < -0.3 is 233 Å². The zero-order chi connectivity index (χ0) is 114. The van der Waals surface area contributed by atoms with E-state index < -0.39 is 137 Å². The fourth-order valence-corrected chi connectivity index (χ4v) is 2.02. The van der Waals surface area contributed by atoms with Gasteiger partial charge in [0, 0.05) is 219 Å². The third-order valence-corrected chi connectivity index (χ3v) is 10.7. The Labute approximate surface area is 1030 Å². The SMILES string of the molecule is CC(C)(C)C(=O)[O-].CC(C)(C)C(=O)[O-].CC(C)(C)C(=O)[O-].CC(C)(C)C(=O)[O-].CC(C)(C)C(=O)[O-].CC(C)(C)C(=O)[O-].CC(C)(C)C(=O)[O-].CC(C)(C)C(=O)[O-].CC(C)(C)C(=O)[O-].CC(C)(C)C(=O)[O-].CC(C)(C)C(=O)[O-].CC(C)(C)C(=O)[O-].CO.CO.CO.CO.CO.CO.CO.CO.COc1cccc(C=NCC[O-])c1[O-].COc1cccc(C=NCC[O-])c1[O-].C[O-].C[O-].[Co+2].[Co+2].[Co+3].[Co+3].[Dy+3].[Dy+3].[Dy+3].[Dy+3].[OH-].[OH-].[OH-].[OH-].[OH3+].[OH3+]. The fourth-order valence-electron chi connectivity index (χ4n) is 2.02. The number of carbonyl (C=O) groups excluding carboxylic acids is 12. The summed E-state index contributed by atoms with van der Waals surface area (Å²) in [6.07, 6.45) is 2.81. The molecule has 898 valence electrons. The van der Waals surface area contributed by atoms with E-state index >= 15 is 0 Å². The number of aliphatic hydroxyl groups excluding tert-OH is 8. The number of carboxylic acid groups (broad SMARTS) is 12. The van der Waals surface area contributed by atoms with Gasteiger partial charge in [-0.2, -0.15) is 14.2 Å². The molecule has 0 fully saturated rings. The number of nitrogens with zero attached hydrogens (tertiary/aromatic N) is 2. The number of hydrogen-bond acceptors (Lipinski definition) is 46. The number of methoxy groups -OCH3 is 2. The van der Waals surface area contributed by atoms with Crippen LogP contribution >= 0.6 is 0 Å². The number of aliphatic imine (C=N–C) groups is 2. The predicted molar refractivity (Wildman–Crippen MR) is 488 cm³/mol. The molecule has 0 aromatic heterocycles. The van der Waals surface area contributed by atoms with E-state index in [-0.39, 0.29) is 302 Å². The Hall–Kier alpha value is -2.98. The monoisotopic (exact) mass is 2910 g/mol. The van der Waals surface area contributed by atoms with Crippen LogP contribution in [-0.4, -0.2) is 258 Å². The fraction of sp³-hybridized carbons (Fsp3) is 0.711. The van der Waals surface area contributed by atoms with Gasteiger partial charge >= 0.3 is 220 Å². The second-order valence-electron chi connectivity index (χ2n) is 35.7. The number of ether oxygens (including phenoxy) is 2. The molecule has 146 heavy (non-hydrogen) atoms. The quantitative estimate of drug-likeness (QED) is 0.0899. The molecule has 0 aliphatic heterocycles. The minimum atomic E-state index is -1.01. The minimum absolute atomic E-state index is 0. The van der Waals surface area contributed by atoms with Crippen LogP contribution in [0.25, 0.3) is 0 Å². The maximum absolute atomic E-state index is 11.5. The van der Waals surface area contributed by atoms with Crippen LogP contribution in [0.3, 0.4) is 0 Å². The maximum Gasteiger partial charge on any atom is 3.00 e. The second kappa shape index (κ2) is 146. The molecule has 2 aromatic rings. The van der Waals surface area contributed by atoms with E-state index in [4.69, 9.17) is 60.5 Å². The van der Waals surface area contributed by atoms with E-state index in [1.54, 1.807) is 286 Å². The molecule has 0 amide bonds. The molecular formula is C90H178Co4Dy4N2O46+2. The third-order valence-electron chi connectivity index (χ3n) is 10.7. The first-order valence-electron chi connectivity index (χ1n) is 38.7. The van der Waals surface area contributed by atoms with Gasteiger partial charge in [0.15, 0.2) is 0 Å². The first kappa shape index (κ1) is 252. The van der Waals surface area contributed by atoms with Gasteiger partial charge in [-0.25, -0.2) is 0 Å². The smallest absolute Gasteiger partial charge is 0.870 e. The van der Waals surface area contributed by atoms with Crippen LogP contribution in [-0.2, 0) is 136 Å². The number of benzene rings is 2. The van der Waals surface area contributed by atoms with Crippen LogP contribution in [0.2, 0.25) is 0 Å². The average Bonchev–Trinajstić information content (AvgIpc) is 0.866. The summed E-state index contributed by atoms with van der Waals surface area (Å²) in [5.74, 6) is -11.9. The van der Waals surface area contributed by atoms with Crippen LogP contribution < -0.4 is 101 Å². The first-order valence-corrected chi connectivity index (χ1v) is 38.7. The first-order chi connectivity index (χ1) is 58.9. The average molecular weight is 2910 g/mol. The van der Waals surface area contributed by atoms with Crippen LogP contribution in [0.4, 0.5) is 0 Å². The number of rotatable bonds is 8. The normalized spacial score (nSPS) is 8.96. The molecule has 0 spiro atoms. The number of hydrogen-bond donors (Lipinski definition) is 8. The molecule has 0 atom stereocenters. The van der Waals surface area contributed by atoms with Gasteiger partial charge in [-0.1, -0.05) is 285 Å². The minimum Gasteiger partial charge on any atom is -0.870 e. The van der Waals surface area contributed by atoms with E-state index in [2.05, 4.69) is 9.98 Å². The summed E-state index contributed by atoms with van der Waals surface area (Å²) in [5.41, 5.74) is -7.45. The van der Waals surface area contributed by atoms with Gasteiger partial charge in [-0.15, -0.1) is 13.2 Å². The summed E-state index contributed by atoms with van der Waals surface area (Å²) in [4.78, 5) is 127. The van der Waals surface area contributed by atoms with E-state index in [0.717, 1.165) is 71.1 Å². The van der Waals surface area contributed by atoms with E-state index in [1.165, 1.54) is 26.6 Å². The van der Waals surface area contributed by atoms with Crippen LogP contribution in [0.5, 0.6) is 23.0 Å². The Balaban J connectivity index is -0.0000000259. The van der Waals surface area contributed by atoms with Crippen molar-refractivity contribution < 1.29 is 452 Å². The summed E-state index contributed by atoms with van der Waals surface area (Å²) in [5, 5.41) is 235. The number of aliphatic hydroxyl groups is 8. The molecule has 0 aliphatic carbocycles. The van der Waals surface area contributed by atoms with Crippen molar-refractivity contribution in [1.29, 1.82) is 0 Å².